The molecular weight excluding hydrogens is 580 g/mol. The quantitative estimate of drug-likeness (QED) is 0.378. The van der Waals surface area contributed by atoms with Gasteiger partial charge in [0.25, 0.3) is 0 Å². The Balaban J connectivity index is 1.30. The highest BCUT2D eigenvalue weighted by Gasteiger charge is 2.93. The molecule has 4 aliphatic heterocycles. The molecule has 4 saturated heterocycles. The van der Waals surface area contributed by atoms with E-state index in [9.17, 15) is 19.8 Å². The number of Topliss-reactive ketones (excluding diaryl/α,β-unsaturated/α-hetero) is 1. The van der Waals surface area contributed by atoms with E-state index in [4.69, 9.17) is 23.4 Å². The Morgan fingerprint density at radius 2 is 1.76 bits per heavy atom. The highest BCUT2D eigenvalue weighted by Crippen LogP contribution is 2.83. The molecule has 45 heavy (non-hydrogen) atoms. The topological polar surface area (TPSA) is 145 Å². The number of aliphatic hydroxyl groups excluding tert-OH is 2. The van der Waals surface area contributed by atoms with Crippen LogP contribution in [-0.2, 0) is 33.3 Å². The summed E-state index contributed by atoms with van der Waals surface area (Å²) < 4.78 is 31.6. The van der Waals surface area contributed by atoms with E-state index >= 15 is 4.79 Å². The van der Waals surface area contributed by atoms with Gasteiger partial charge in [0, 0.05) is 28.4 Å². The molecule has 3 spiro atoms. The van der Waals surface area contributed by atoms with Crippen LogP contribution in [0.3, 0.4) is 0 Å². The van der Waals surface area contributed by atoms with Crippen molar-refractivity contribution in [2.45, 2.75) is 114 Å². The van der Waals surface area contributed by atoms with E-state index in [1.54, 1.807) is 12.5 Å². The molecule has 12 unspecified atom stereocenters. The van der Waals surface area contributed by atoms with Crippen molar-refractivity contribution >= 4 is 17.7 Å². The first-order chi connectivity index (χ1) is 21.5. The molecule has 244 valence electrons. The zero-order valence-corrected chi connectivity index (χ0v) is 26.3. The number of ether oxygens (including phenoxy) is 4. The standard InChI is InChI=1S/C35H44O10/c1-30(2)23-22(37)24(38)34(20-6-4-5-7-20)21(33(23)17-42-29(40)32(28(33)45-30)12-8-18(14-32)15-36)9-11-31(3)25(19-10-13-41-16-19)43-27(39)26-35(31,34)44-26/h10,13,16,18,20-21,23-26,28,36,38H,4-9,11-12,14-15,17H2,1-3H3. The summed E-state index contributed by atoms with van der Waals surface area (Å²) in [6, 6.07) is 1.82. The van der Waals surface area contributed by atoms with Crippen LogP contribution in [0.5, 0.6) is 0 Å². The summed E-state index contributed by atoms with van der Waals surface area (Å²) in [5, 5.41) is 23.0. The van der Waals surface area contributed by atoms with E-state index in [-0.39, 0.29) is 42.7 Å². The number of epoxide rings is 1. The van der Waals surface area contributed by atoms with Gasteiger partial charge in [0.2, 0.25) is 0 Å². The first-order valence-corrected chi connectivity index (χ1v) is 17.0. The molecule has 12 atom stereocenters. The number of carbonyl (C=O) groups is 3. The third-order valence-electron chi connectivity index (χ3n) is 14.6. The van der Waals surface area contributed by atoms with Crippen molar-refractivity contribution in [2.75, 3.05) is 13.2 Å². The van der Waals surface area contributed by atoms with Gasteiger partial charge in [-0.05, 0) is 82.6 Å². The number of esters is 2. The third-order valence-corrected chi connectivity index (χ3v) is 14.6. The lowest BCUT2D eigenvalue weighted by molar-refractivity contribution is -0.282. The molecule has 0 radical (unpaired) electrons. The van der Waals surface area contributed by atoms with Crippen molar-refractivity contribution < 1.29 is 48.0 Å². The van der Waals surface area contributed by atoms with Crippen molar-refractivity contribution in [3.63, 3.8) is 0 Å². The summed E-state index contributed by atoms with van der Waals surface area (Å²) >= 11 is 0. The summed E-state index contributed by atoms with van der Waals surface area (Å²) in [5.41, 5.74) is -5.15. The van der Waals surface area contributed by atoms with E-state index in [2.05, 4.69) is 6.92 Å². The second kappa shape index (κ2) is 8.79. The van der Waals surface area contributed by atoms with E-state index in [0.29, 0.717) is 32.1 Å². The molecule has 1 aromatic heterocycles. The van der Waals surface area contributed by atoms with Crippen LogP contribution in [0.1, 0.15) is 90.2 Å². The van der Waals surface area contributed by atoms with Crippen LogP contribution in [0, 0.1) is 45.3 Å². The minimum Gasteiger partial charge on any atom is -0.472 e. The average Bonchev–Trinajstić information content (AvgIpc) is 3.53. The molecule has 4 aliphatic carbocycles. The fourth-order valence-electron chi connectivity index (χ4n) is 13.3. The number of cyclic esters (lactones) is 2. The Morgan fingerprint density at radius 1 is 0.978 bits per heavy atom. The zero-order valence-electron chi connectivity index (χ0n) is 26.3. The lowest BCUT2D eigenvalue weighted by Gasteiger charge is -2.70. The lowest BCUT2D eigenvalue weighted by Crippen LogP contribution is -2.79. The molecule has 1 aromatic rings. The number of fused-ring (bicyclic) bond motifs is 2. The Bertz CT molecular complexity index is 1460. The predicted molar refractivity (Wildman–Crippen MR) is 154 cm³/mol. The van der Waals surface area contributed by atoms with Gasteiger partial charge in [0.05, 0.1) is 35.6 Å². The average molecular weight is 625 g/mol. The van der Waals surface area contributed by atoms with Gasteiger partial charge in [-0.15, -0.1) is 0 Å². The van der Waals surface area contributed by atoms with Crippen LogP contribution in [-0.4, -0.2) is 70.7 Å². The van der Waals surface area contributed by atoms with Gasteiger partial charge in [-0.3, -0.25) is 9.59 Å². The first-order valence-electron chi connectivity index (χ1n) is 17.0. The molecule has 0 bridgehead atoms. The number of ketones is 1. The van der Waals surface area contributed by atoms with E-state index < -0.39 is 69.2 Å². The molecule has 0 amide bonds. The summed E-state index contributed by atoms with van der Waals surface area (Å²) in [6.45, 7) is 5.93. The normalized spacial score (nSPS) is 52.8. The zero-order chi connectivity index (χ0) is 31.4. The molecule has 2 N–H and O–H groups in total. The van der Waals surface area contributed by atoms with Crippen LogP contribution in [0.4, 0.5) is 0 Å². The maximum absolute atomic E-state index is 15.1. The van der Waals surface area contributed by atoms with Gasteiger partial charge in [0.15, 0.2) is 11.9 Å². The van der Waals surface area contributed by atoms with Crippen LogP contribution in [0.2, 0.25) is 0 Å². The Morgan fingerprint density at radius 3 is 2.44 bits per heavy atom. The molecule has 9 rings (SSSR count). The number of rotatable bonds is 3. The maximum atomic E-state index is 15.1. The lowest BCUT2D eigenvalue weighted by atomic mass is 9.32. The minimum absolute atomic E-state index is 0.0246. The first kappa shape index (κ1) is 28.9. The fourth-order valence-corrected chi connectivity index (χ4v) is 13.3. The molecule has 10 nitrogen and oxygen atoms in total. The Labute approximate surface area is 262 Å². The summed E-state index contributed by atoms with van der Waals surface area (Å²) in [4.78, 5) is 42.8. The van der Waals surface area contributed by atoms with Crippen LogP contribution in [0.15, 0.2) is 23.0 Å². The van der Waals surface area contributed by atoms with Gasteiger partial charge in [-0.2, -0.15) is 0 Å². The predicted octanol–water partition coefficient (Wildman–Crippen LogP) is 3.67. The molecule has 5 heterocycles. The Kier molecular flexibility index (Phi) is 5.65. The number of hydrogen-bond acceptors (Lipinski definition) is 10. The number of aliphatic hydroxyl groups is 2. The van der Waals surface area contributed by atoms with Crippen molar-refractivity contribution in [3.8, 4) is 0 Å². The molecule has 4 saturated carbocycles. The van der Waals surface area contributed by atoms with E-state index in [0.717, 1.165) is 31.2 Å². The SMILES string of the molecule is CC1(C)OC2C3(CCC(CO)C3)C(=O)OCC23C1C(=O)C(O)C1(C2CCCC2)C3CCC2(C)C(c3ccoc3)OC(=O)C3OC321. The largest absolute Gasteiger partial charge is 0.472 e. The second-order valence-corrected chi connectivity index (χ2v) is 16.5. The van der Waals surface area contributed by atoms with Gasteiger partial charge in [-0.25, -0.2) is 4.79 Å². The smallest absolute Gasteiger partial charge is 0.339 e. The van der Waals surface area contributed by atoms with Crippen LogP contribution >= 0.6 is 0 Å². The molecule has 8 fully saturated rings. The van der Waals surface area contributed by atoms with Crippen LogP contribution < -0.4 is 0 Å². The molecule has 0 aromatic carbocycles. The highest BCUT2D eigenvalue weighted by molar-refractivity contribution is 5.92. The second-order valence-electron chi connectivity index (χ2n) is 16.5. The summed E-state index contributed by atoms with van der Waals surface area (Å²) in [7, 11) is 0. The fraction of sp³-hybridized carbons (Fsp3) is 0.800. The number of hydrogen-bond donors (Lipinski definition) is 2. The van der Waals surface area contributed by atoms with E-state index in [1.807, 2.05) is 19.9 Å². The monoisotopic (exact) mass is 624 g/mol. The summed E-state index contributed by atoms with van der Waals surface area (Å²) in [5.74, 6) is -2.23. The van der Waals surface area contributed by atoms with Gasteiger partial charge >= 0.3 is 11.9 Å². The maximum Gasteiger partial charge on any atom is 0.339 e. The van der Waals surface area contributed by atoms with Crippen molar-refractivity contribution in [1.29, 1.82) is 0 Å². The van der Waals surface area contributed by atoms with Gasteiger partial charge in [-0.1, -0.05) is 19.8 Å². The highest BCUT2D eigenvalue weighted by atomic mass is 16.7. The van der Waals surface area contributed by atoms with Crippen molar-refractivity contribution in [1.82, 2.24) is 0 Å². The number of carbonyl (C=O) groups excluding carboxylic acids is 3. The van der Waals surface area contributed by atoms with Gasteiger partial charge in [0.1, 0.15) is 24.4 Å². The van der Waals surface area contributed by atoms with Gasteiger partial charge < -0.3 is 33.6 Å². The third kappa shape index (κ3) is 2.98. The van der Waals surface area contributed by atoms with Crippen molar-refractivity contribution in [3.05, 3.63) is 24.2 Å². The van der Waals surface area contributed by atoms with Crippen molar-refractivity contribution in [2.24, 2.45) is 45.3 Å². The summed E-state index contributed by atoms with van der Waals surface area (Å²) in [6.07, 6.45) is 6.04. The molecule has 8 aliphatic rings. The minimum atomic E-state index is -1.38. The molecule has 10 heteroatoms. The molecular formula is C35H44O10. The van der Waals surface area contributed by atoms with E-state index in [1.165, 1.54) is 0 Å². The van der Waals surface area contributed by atoms with Crippen LogP contribution in [0.25, 0.3) is 0 Å². The number of furan rings is 1. The Hall–Kier alpha value is -2.27.